The average molecular weight is 286 g/mol. The van der Waals surface area contributed by atoms with Gasteiger partial charge in [0.15, 0.2) is 5.13 Å². The molecule has 1 unspecified atom stereocenters. The van der Waals surface area contributed by atoms with Gasteiger partial charge in [-0.05, 0) is 6.92 Å². The van der Waals surface area contributed by atoms with Crippen LogP contribution in [0.15, 0.2) is 0 Å². The fraction of sp³-hybridized carbons (Fsp3) is 0.636. The number of amides is 1. The van der Waals surface area contributed by atoms with Crippen molar-refractivity contribution in [2.24, 2.45) is 0 Å². The third kappa shape index (κ3) is 3.14. The number of thiazole rings is 1. The highest BCUT2D eigenvalue weighted by Gasteiger charge is 2.27. The number of anilines is 2. The molecule has 2 rings (SSSR count). The van der Waals surface area contributed by atoms with E-state index in [9.17, 15) is 4.79 Å². The zero-order chi connectivity index (χ0) is 13.8. The van der Waals surface area contributed by atoms with Crippen LogP contribution in [-0.2, 0) is 4.74 Å². The second-order valence-electron chi connectivity index (χ2n) is 4.19. The highest BCUT2D eigenvalue weighted by Crippen LogP contribution is 2.26. The van der Waals surface area contributed by atoms with Crippen LogP contribution in [0.1, 0.15) is 16.6 Å². The first-order chi connectivity index (χ1) is 9.15. The summed E-state index contributed by atoms with van der Waals surface area (Å²) >= 11 is 1.25. The number of hydrogen-bond acceptors (Lipinski definition) is 7. The first-order valence-corrected chi connectivity index (χ1v) is 6.99. The molecule has 0 radical (unpaired) electrons. The van der Waals surface area contributed by atoms with Gasteiger partial charge in [0.25, 0.3) is 5.91 Å². The van der Waals surface area contributed by atoms with Gasteiger partial charge < -0.3 is 25.8 Å². The molecule has 106 valence electrons. The summed E-state index contributed by atoms with van der Waals surface area (Å²) in [5, 5.41) is 12.8. The lowest BCUT2D eigenvalue weighted by Gasteiger charge is -2.31. The van der Waals surface area contributed by atoms with Gasteiger partial charge >= 0.3 is 0 Å². The molecule has 1 fully saturated rings. The van der Waals surface area contributed by atoms with Gasteiger partial charge in [-0.1, -0.05) is 11.3 Å². The van der Waals surface area contributed by atoms with E-state index >= 15 is 0 Å². The second kappa shape index (κ2) is 6.18. The molecule has 0 bridgehead atoms. The van der Waals surface area contributed by atoms with Gasteiger partial charge in [0, 0.05) is 19.6 Å². The molecule has 2 heterocycles. The number of nitrogens with one attached hydrogen (secondary N) is 1. The topological polar surface area (TPSA) is 101 Å². The zero-order valence-electron chi connectivity index (χ0n) is 10.8. The van der Waals surface area contributed by atoms with E-state index < -0.39 is 0 Å². The van der Waals surface area contributed by atoms with E-state index in [0.29, 0.717) is 29.7 Å². The molecule has 8 heteroatoms. The van der Waals surface area contributed by atoms with Gasteiger partial charge in [-0.15, -0.1) is 0 Å². The Kier molecular flexibility index (Phi) is 4.56. The molecule has 0 aromatic carbocycles. The summed E-state index contributed by atoms with van der Waals surface area (Å²) < 4.78 is 5.32. The molecule has 0 saturated carbocycles. The number of nitrogens with zero attached hydrogens (tertiary/aromatic N) is 2. The number of nitrogen functional groups attached to an aromatic ring is 1. The van der Waals surface area contributed by atoms with Crippen molar-refractivity contribution in [2.75, 3.05) is 43.9 Å². The zero-order valence-corrected chi connectivity index (χ0v) is 11.6. The van der Waals surface area contributed by atoms with Crippen molar-refractivity contribution < 1.29 is 14.6 Å². The lowest BCUT2D eigenvalue weighted by atomic mass is 10.2. The van der Waals surface area contributed by atoms with Crippen LogP contribution in [0.5, 0.6) is 0 Å². The molecular weight excluding hydrogens is 268 g/mol. The summed E-state index contributed by atoms with van der Waals surface area (Å²) in [6.07, 6.45) is -0.319. The van der Waals surface area contributed by atoms with E-state index in [-0.39, 0.29) is 24.4 Å². The molecule has 1 aliphatic heterocycles. The van der Waals surface area contributed by atoms with Gasteiger partial charge in [0.2, 0.25) is 0 Å². The second-order valence-corrected chi connectivity index (χ2v) is 5.19. The Morgan fingerprint density at radius 1 is 1.74 bits per heavy atom. The summed E-state index contributed by atoms with van der Waals surface area (Å²) in [6.45, 7) is 3.89. The van der Waals surface area contributed by atoms with Crippen LogP contribution in [0.4, 0.5) is 10.9 Å². The summed E-state index contributed by atoms with van der Waals surface area (Å²) in [5.74, 6) is 0.0962. The SMILES string of the molecule is CCNc1nc(N)c(C(=O)N2CCOC(CO)C2)s1. The van der Waals surface area contributed by atoms with Crippen molar-refractivity contribution in [3.05, 3.63) is 4.88 Å². The van der Waals surface area contributed by atoms with E-state index in [2.05, 4.69) is 10.3 Å². The number of morpholine rings is 1. The quantitative estimate of drug-likeness (QED) is 0.720. The molecule has 1 saturated heterocycles. The first-order valence-electron chi connectivity index (χ1n) is 6.17. The fourth-order valence-electron chi connectivity index (χ4n) is 1.87. The fourth-order valence-corrected chi connectivity index (χ4v) is 2.79. The maximum atomic E-state index is 12.4. The van der Waals surface area contributed by atoms with Gasteiger partial charge in [-0.25, -0.2) is 4.98 Å². The van der Waals surface area contributed by atoms with E-state index in [1.54, 1.807) is 4.90 Å². The minimum atomic E-state index is -0.319. The molecule has 0 aliphatic carbocycles. The Morgan fingerprint density at radius 2 is 2.53 bits per heavy atom. The van der Waals surface area contributed by atoms with Crippen molar-refractivity contribution >= 4 is 28.2 Å². The maximum Gasteiger partial charge on any atom is 0.268 e. The summed E-state index contributed by atoms with van der Waals surface area (Å²) in [7, 11) is 0. The van der Waals surface area contributed by atoms with E-state index in [4.69, 9.17) is 15.6 Å². The molecule has 7 nitrogen and oxygen atoms in total. The van der Waals surface area contributed by atoms with Crippen LogP contribution >= 0.6 is 11.3 Å². The predicted octanol–water partition coefficient (Wildman–Crippen LogP) is -0.00960. The van der Waals surface area contributed by atoms with E-state index in [1.807, 2.05) is 6.92 Å². The number of nitrogens with two attached hydrogens (primary N) is 1. The third-order valence-corrected chi connectivity index (χ3v) is 3.82. The van der Waals surface area contributed by atoms with Gasteiger partial charge in [0.05, 0.1) is 19.3 Å². The Labute approximate surface area is 115 Å². The molecule has 1 amide bonds. The minimum Gasteiger partial charge on any atom is -0.394 e. The normalized spacial score (nSPS) is 19.5. The van der Waals surface area contributed by atoms with Crippen LogP contribution in [-0.4, -0.2) is 59.8 Å². The van der Waals surface area contributed by atoms with Gasteiger partial charge in [-0.2, -0.15) is 0 Å². The van der Waals surface area contributed by atoms with Crippen molar-refractivity contribution in [3.63, 3.8) is 0 Å². The summed E-state index contributed by atoms with van der Waals surface area (Å²) in [6, 6.07) is 0. The minimum absolute atomic E-state index is 0.0927. The average Bonchev–Trinajstić information content (AvgIpc) is 2.79. The van der Waals surface area contributed by atoms with E-state index in [1.165, 1.54) is 11.3 Å². The molecular formula is C11H18N4O3S. The van der Waals surface area contributed by atoms with Crippen LogP contribution in [0, 0.1) is 0 Å². The monoisotopic (exact) mass is 286 g/mol. The number of carbonyl (C=O) groups excluding carboxylic acids is 1. The molecule has 1 aromatic rings. The van der Waals surface area contributed by atoms with Crippen LogP contribution in [0.3, 0.4) is 0 Å². The molecule has 1 atom stereocenters. The van der Waals surface area contributed by atoms with Crippen molar-refractivity contribution in [1.82, 2.24) is 9.88 Å². The smallest absolute Gasteiger partial charge is 0.268 e. The number of hydrogen-bond donors (Lipinski definition) is 3. The molecule has 4 N–H and O–H groups in total. The molecule has 0 spiro atoms. The van der Waals surface area contributed by atoms with Crippen LogP contribution in [0.25, 0.3) is 0 Å². The maximum absolute atomic E-state index is 12.4. The summed E-state index contributed by atoms with van der Waals surface area (Å²) in [5.41, 5.74) is 5.78. The number of aliphatic hydroxyl groups excluding tert-OH is 1. The van der Waals surface area contributed by atoms with Crippen molar-refractivity contribution in [2.45, 2.75) is 13.0 Å². The number of aromatic nitrogens is 1. The third-order valence-electron chi connectivity index (χ3n) is 2.81. The van der Waals surface area contributed by atoms with Crippen LogP contribution < -0.4 is 11.1 Å². The number of carbonyl (C=O) groups is 1. The Balaban J connectivity index is 2.10. The lowest BCUT2D eigenvalue weighted by molar-refractivity contribution is -0.0445. The number of rotatable bonds is 4. The molecule has 1 aliphatic rings. The largest absolute Gasteiger partial charge is 0.394 e. The Hall–Kier alpha value is -1.38. The van der Waals surface area contributed by atoms with Crippen molar-refractivity contribution in [3.8, 4) is 0 Å². The highest BCUT2D eigenvalue weighted by atomic mass is 32.1. The molecule has 19 heavy (non-hydrogen) atoms. The Bertz CT molecular complexity index is 451. The van der Waals surface area contributed by atoms with Crippen molar-refractivity contribution in [1.29, 1.82) is 0 Å². The molecule has 1 aromatic heterocycles. The van der Waals surface area contributed by atoms with Gasteiger partial charge in [-0.3, -0.25) is 4.79 Å². The number of aliphatic hydroxyl groups is 1. The van der Waals surface area contributed by atoms with E-state index in [0.717, 1.165) is 6.54 Å². The first kappa shape index (κ1) is 14.0. The standard InChI is InChI=1S/C11H18N4O3S/c1-2-13-11-14-9(12)8(19-11)10(17)15-3-4-18-7(5-15)6-16/h7,16H,2-6,12H2,1H3,(H,13,14). The predicted molar refractivity (Wildman–Crippen MR) is 73.4 cm³/mol. The summed E-state index contributed by atoms with van der Waals surface area (Å²) in [4.78, 5) is 18.5. The van der Waals surface area contributed by atoms with Gasteiger partial charge in [0.1, 0.15) is 10.7 Å². The highest BCUT2D eigenvalue weighted by molar-refractivity contribution is 7.18. The van der Waals surface area contributed by atoms with Crippen LogP contribution in [0.2, 0.25) is 0 Å². The number of ether oxygens (including phenoxy) is 1. The Morgan fingerprint density at radius 3 is 3.21 bits per heavy atom. The lowest BCUT2D eigenvalue weighted by Crippen LogP contribution is -2.46.